The quantitative estimate of drug-likeness (QED) is 0.597. The van der Waals surface area contributed by atoms with Gasteiger partial charge in [-0.05, 0) is 55.3 Å². The van der Waals surface area contributed by atoms with E-state index in [9.17, 15) is 4.79 Å². The lowest BCUT2D eigenvalue weighted by Crippen LogP contribution is -2.13. The van der Waals surface area contributed by atoms with Gasteiger partial charge in [-0.2, -0.15) is 0 Å². The number of aromatic nitrogens is 1. The van der Waals surface area contributed by atoms with Crippen LogP contribution in [0.5, 0.6) is 0 Å². The zero-order valence-electron chi connectivity index (χ0n) is 14.5. The molecule has 0 aliphatic rings. The Balaban J connectivity index is 1.61. The van der Waals surface area contributed by atoms with Crippen LogP contribution in [0.25, 0.3) is 11.3 Å². The minimum atomic E-state index is -0.134. The number of oxazole rings is 1. The van der Waals surface area contributed by atoms with Crippen LogP contribution in [-0.2, 0) is 11.2 Å². The lowest BCUT2D eigenvalue weighted by molar-refractivity contribution is -0.116. The molecule has 4 nitrogen and oxygen atoms in total. The van der Waals surface area contributed by atoms with Gasteiger partial charge >= 0.3 is 0 Å². The maximum Gasteiger partial charge on any atom is 0.224 e. The molecule has 0 atom stereocenters. The summed E-state index contributed by atoms with van der Waals surface area (Å²) in [6.07, 6.45) is 2.31. The van der Waals surface area contributed by atoms with Gasteiger partial charge in [0.15, 0.2) is 11.7 Å². The van der Waals surface area contributed by atoms with Crippen LogP contribution in [0.3, 0.4) is 0 Å². The van der Waals surface area contributed by atoms with Gasteiger partial charge in [-0.1, -0.05) is 29.3 Å². The van der Waals surface area contributed by atoms with Crippen LogP contribution < -0.4 is 5.32 Å². The van der Waals surface area contributed by atoms with Crippen LogP contribution >= 0.6 is 23.2 Å². The third-order valence-corrected chi connectivity index (χ3v) is 4.49. The van der Waals surface area contributed by atoms with Gasteiger partial charge < -0.3 is 9.73 Å². The molecule has 0 bridgehead atoms. The SMILES string of the molecule is Cc1cc(C)c(NC(=O)CCc2ncc(-c3ccc(Cl)cc3)o2)c(Cl)c1. The molecule has 2 aromatic carbocycles. The van der Waals surface area contributed by atoms with Crippen molar-refractivity contribution in [1.82, 2.24) is 4.98 Å². The van der Waals surface area contributed by atoms with Crippen molar-refractivity contribution in [2.75, 3.05) is 5.32 Å². The van der Waals surface area contributed by atoms with Crippen molar-refractivity contribution in [2.45, 2.75) is 26.7 Å². The number of benzene rings is 2. The number of hydrogen-bond acceptors (Lipinski definition) is 3. The summed E-state index contributed by atoms with van der Waals surface area (Å²) in [7, 11) is 0. The highest BCUT2D eigenvalue weighted by Crippen LogP contribution is 2.27. The second-order valence-electron chi connectivity index (χ2n) is 6.11. The number of hydrogen-bond donors (Lipinski definition) is 1. The fourth-order valence-electron chi connectivity index (χ4n) is 2.67. The highest BCUT2D eigenvalue weighted by atomic mass is 35.5. The van der Waals surface area contributed by atoms with Crippen molar-refractivity contribution in [3.05, 3.63) is 69.7 Å². The van der Waals surface area contributed by atoms with E-state index < -0.39 is 0 Å². The topological polar surface area (TPSA) is 55.1 Å². The Bertz CT molecular complexity index is 910. The summed E-state index contributed by atoms with van der Waals surface area (Å²) >= 11 is 12.1. The van der Waals surface area contributed by atoms with E-state index in [1.165, 1.54) is 0 Å². The summed E-state index contributed by atoms with van der Waals surface area (Å²) in [4.78, 5) is 16.5. The number of halogens is 2. The van der Waals surface area contributed by atoms with Crippen LogP contribution in [0.1, 0.15) is 23.4 Å². The van der Waals surface area contributed by atoms with Gasteiger partial charge in [-0.3, -0.25) is 4.79 Å². The Morgan fingerprint density at radius 2 is 1.88 bits per heavy atom. The van der Waals surface area contributed by atoms with Gasteiger partial charge in [0.2, 0.25) is 5.91 Å². The Morgan fingerprint density at radius 3 is 2.58 bits per heavy atom. The third-order valence-electron chi connectivity index (χ3n) is 3.94. The molecule has 0 aliphatic carbocycles. The van der Waals surface area contributed by atoms with E-state index in [0.717, 1.165) is 16.7 Å². The molecule has 1 heterocycles. The summed E-state index contributed by atoms with van der Waals surface area (Å²) in [6.45, 7) is 3.88. The maximum absolute atomic E-state index is 12.2. The minimum Gasteiger partial charge on any atom is -0.441 e. The third kappa shape index (κ3) is 4.45. The van der Waals surface area contributed by atoms with Gasteiger partial charge in [-0.15, -0.1) is 0 Å². The van der Waals surface area contributed by atoms with E-state index in [0.29, 0.717) is 33.8 Å². The summed E-state index contributed by atoms with van der Waals surface area (Å²) < 4.78 is 5.71. The molecule has 0 saturated carbocycles. The number of nitrogens with zero attached hydrogens (tertiary/aromatic N) is 1. The number of carbonyl (C=O) groups excluding carboxylic acids is 1. The molecule has 3 rings (SSSR count). The highest BCUT2D eigenvalue weighted by molar-refractivity contribution is 6.34. The van der Waals surface area contributed by atoms with Gasteiger partial charge in [0.1, 0.15) is 0 Å². The van der Waals surface area contributed by atoms with E-state index in [4.69, 9.17) is 27.6 Å². The van der Waals surface area contributed by atoms with Gasteiger partial charge in [-0.25, -0.2) is 4.98 Å². The predicted molar refractivity (Wildman–Crippen MR) is 105 cm³/mol. The minimum absolute atomic E-state index is 0.134. The van der Waals surface area contributed by atoms with E-state index in [2.05, 4.69) is 10.3 Å². The van der Waals surface area contributed by atoms with Crippen LogP contribution in [0, 0.1) is 13.8 Å². The lowest BCUT2D eigenvalue weighted by atomic mass is 10.1. The summed E-state index contributed by atoms with van der Waals surface area (Å²) in [5.41, 5.74) is 3.53. The number of rotatable bonds is 5. The van der Waals surface area contributed by atoms with Crippen molar-refractivity contribution in [3.63, 3.8) is 0 Å². The molecule has 0 aliphatic heterocycles. The second-order valence-corrected chi connectivity index (χ2v) is 6.96. The average Bonchev–Trinajstić information content (AvgIpc) is 3.06. The number of aryl methyl sites for hydroxylation is 3. The molecule has 0 spiro atoms. The number of nitrogens with one attached hydrogen (secondary N) is 1. The van der Waals surface area contributed by atoms with Crippen molar-refractivity contribution >= 4 is 34.8 Å². The first-order valence-electron chi connectivity index (χ1n) is 8.19. The molecule has 1 amide bonds. The Labute approximate surface area is 162 Å². The van der Waals surface area contributed by atoms with E-state index >= 15 is 0 Å². The molecular formula is C20H18Cl2N2O2. The normalized spacial score (nSPS) is 10.8. The zero-order chi connectivity index (χ0) is 18.7. The highest BCUT2D eigenvalue weighted by Gasteiger charge is 2.12. The first-order valence-corrected chi connectivity index (χ1v) is 8.95. The second kappa shape index (κ2) is 7.94. The fraction of sp³-hybridized carbons (Fsp3) is 0.200. The zero-order valence-corrected chi connectivity index (χ0v) is 16.0. The number of amides is 1. The maximum atomic E-state index is 12.2. The summed E-state index contributed by atoms with van der Waals surface area (Å²) in [5.74, 6) is 1.02. The molecule has 6 heteroatoms. The monoisotopic (exact) mass is 388 g/mol. The smallest absolute Gasteiger partial charge is 0.224 e. The first kappa shape index (κ1) is 18.5. The van der Waals surface area contributed by atoms with Crippen LogP contribution in [0.2, 0.25) is 10.0 Å². The van der Waals surface area contributed by atoms with Gasteiger partial charge in [0.05, 0.1) is 16.9 Å². The molecule has 0 saturated heterocycles. The molecule has 1 N–H and O–H groups in total. The van der Waals surface area contributed by atoms with E-state index in [1.807, 2.05) is 38.1 Å². The molecule has 0 fully saturated rings. The molecule has 134 valence electrons. The van der Waals surface area contributed by atoms with Crippen molar-refractivity contribution in [2.24, 2.45) is 0 Å². The van der Waals surface area contributed by atoms with Gasteiger partial charge in [0, 0.05) is 23.4 Å². The fourth-order valence-corrected chi connectivity index (χ4v) is 3.16. The Morgan fingerprint density at radius 1 is 1.15 bits per heavy atom. The molecule has 3 aromatic rings. The Hall–Kier alpha value is -2.30. The van der Waals surface area contributed by atoms with Crippen molar-refractivity contribution in [3.8, 4) is 11.3 Å². The molecule has 0 unspecified atom stereocenters. The molecule has 26 heavy (non-hydrogen) atoms. The summed E-state index contributed by atoms with van der Waals surface area (Å²) in [6, 6.07) is 11.1. The first-order chi connectivity index (χ1) is 12.4. The number of anilines is 1. The molecule has 1 aromatic heterocycles. The summed E-state index contributed by atoms with van der Waals surface area (Å²) in [5, 5.41) is 4.07. The standard InChI is InChI=1S/C20H18Cl2N2O2/c1-12-9-13(2)20(16(22)10-12)24-18(25)7-8-19-23-11-17(26-19)14-3-5-15(21)6-4-14/h3-6,9-11H,7-8H2,1-2H3,(H,24,25). The number of carbonyl (C=O) groups is 1. The van der Waals surface area contributed by atoms with Crippen LogP contribution in [0.4, 0.5) is 5.69 Å². The van der Waals surface area contributed by atoms with E-state index in [-0.39, 0.29) is 12.3 Å². The lowest BCUT2D eigenvalue weighted by Gasteiger charge is -2.11. The predicted octanol–water partition coefficient (Wildman–Crippen LogP) is 5.84. The van der Waals surface area contributed by atoms with Crippen molar-refractivity contribution in [1.29, 1.82) is 0 Å². The Kier molecular flexibility index (Phi) is 5.64. The molecule has 0 radical (unpaired) electrons. The van der Waals surface area contributed by atoms with E-state index in [1.54, 1.807) is 18.3 Å². The van der Waals surface area contributed by atoms with Gasteiger partial charge in [0.25, 0.3) is 0 Å². The largest absolute Gasteiger partial charge is 0.441 e. The van der Waals surface area contributed by atoms with Crippen molar-refractivity contribution < 1.29 is 9.21 Å². The van der Waals surface area contributed by atoms with Crippen LogP contribution in [-0.4, -0.2) is 10.9 Å². The average molecular weight is 389 g/mol. The molecular weight excluding hydrogens is 371 g/mol. The van der Waals surface area contributed by atoms with Crippen LogP contribution in [0.15, 0.2) is 47.0 Å².